The van der Waals surface area contributed by atoms with E-state index in [1.165, 1.54) is 69.8 Å². The quantitative estimate of drug-likeness (QED) is 0.298. The van der Waals surface area contributed by atoms with Gasteiger partial charge in [-0.25, -0.2) is 0 Å². The van der Waals surface area contributed by atoms with Gasteiger partial charge in [-0.05, 0) is 130 Å². The predicted octanol–water partition coefficient (Wildman–Crippen LogP) is 8.74. The monoisotopic (exact) mass is 468 g/mol. The van der Waals surface area contributed by atoms with E-state index in [0.29, 0.717) is 21.7 Å². The van der Waals surface area contributed by atoms with Gasteiger partial charge in [0, 0.05) is 12.3 Å². The Kier molecular flexibility index (Phi) is 5.75. The van der Waals surface area contributed by atoms with Crippen LogP contribution in [0.2, 0.25) is 0 Å². The number of hydrogen-bond acceptors (Lipinski definition) is 2. The number of allylic oxidation sites excluding steroid dienone is 2. The molecule has 2 unspecified atom stereocenters. The van der Waals surface area contributed by atoms with Crippen LogP contribution in [0.3, 0.4) is 0 Å². The third-order valence-electron chi connectivity index (χ3n) is 13.3. The molecule has 0 radical (unpaired) electrons. The van der Waals surface area contributed by atoms with E-state index in [1.54, 1.807) is 6.92 Å². The Morgan fingerprint density at radius 1 is 0.882 bits per heavy atom. The van der Waals surface area contributed by atoms with Crippen LogP contribution in [-0.4, -0.2) is 12.1 Å². The maximum atomic E-state index is 11.8. The largest absolute Gasteiger partial charge is 0.462 e. The van der Waals surface area contributed by atoms with Gasteiger partial charge in [-0.1, -0.05) is 46.3 Å². The SMILES string of the molecule is CC(=O)O[C@H]1CC[C@]23CC24CC[C@]2(C)C([C@H](C)CCC=C(C)C)CC[C@@]2(C)[C@@H]4CC[C@H]3C1(C)C. The van der Waals surface area contributed by atoms with Gasteiger partial charge in [0.05, 0.1) is 0 Å². The van der Waals surface area contributed by atoms with Crippen molar-refractivity contribution in [2.75, 3.05) is 0 Å². The molecule has 5 saturated carbocycles. The maximum absolute atomic E-state index is 11.8. The van der Waals surface area contributed by atoms with E-state index in [9.17, 15) is 4.79 Å². The summed E-state index contributed by atoms with van der Waals surface area (Å²) in [5, 5.41) is 0. The van der Waals surface area contributed by atoms with E-state index in [0.717, 1.165) is 30.1 Å². The molecule has 0 amide bonds. The highest BCUT2D eigenvalue weighted by molar-refractivity contribution is 5.66. The van der Waals surface area contributed by atoms with Crippen molar-refractivity contribution in [2.45, 2.75) is 132 Å². The topological polar surface area (TPSA) is 26.3 Å². The molecule has 5 aliphatic rings. The molecule has 0 heterocycles. The molecule has 0 bridgehead atoms. The van der Waals surface area contributed by atoms with Gasteiger partial charge in [0.25, 0.3) is 0 Å². The lowest BCUT2D eigenvalue weighted by Gasteiger charge is -2.63. The minimum absolute atomic E-state index is 0.0927. The summed E-state index contributed by atoms with van der Waals surface area (Å²) in [7, 11) is 0. The van der Waals surface area contributed by atoms with Crippen molar-refractivity contribution < 1.29 is 9.53 Å². The molecule has 0 aromatic carbocycles. The fourth-order valence-corrected chi connectivity index (χ4v) is 11.5. The van der Waals surface area contributed by atoms with Gasteiger partial charge in [-0.15, -0.1) is 0 Å². The van der Waals surface area contributed by atoms with Crippen molar-refractivity contribution in [2.24, 2.45) is 50.7 Å². The Hall–Kier alpha value is -0.790. The number of ether oxygens (including phenoxy) is 1. The van der Waals surface area contributed by atoms with Crippen LogP contribution in [-0.2, 0) is 9.53 Å². The molecule has 5 aliphatic carbocycles. The maximum Gasteiger partial charge on any atom is 0.302 e. The minimum atomic E-state index is -0.0927. The molecular formula is C32H52O2. The number of carbonyl (C=O) groups excluding carboxylic acids is 1. The molecule has 192 valence electrons. The number of esters is 1. The Labute approximate surface area is 210 Å². The van der Waals surface area contributed by atoms with Crippen LogP contribution < -0.4 is 0 Å². The molecule has 0 saturated heterocycles. The number of hydrogen-bond donors (Lipinski definition) is 0. The van der Waals surface area contributed by atoms with Crippen LogP contribution in [0.1, 0.15) is 126 Å². The summed E-state index contributed by atoms with van der Waals surface area (Å²) in [5.41, 5.74) is 3.71. The van der Waals surface area contributed by atoms with Crippen LogP contribution >= 0.6 is 0 Å². The first kappa shape index (κ1) is 24.9. The molecule has 0 aromatic rings. The molecular weight excluding hydrogens is 416 g/mol. The zero-order valence-electron chi connectivity index (χ0n) is 23.6. The Morgan fingerprint density at radius 2 is 1.56 bits per heavy atom. The zero-order valence-corrected chi connectivity index (χ0v) is 23.6. The van der Waals surface area contributed by atoms with Crippen LogP contribution in [0.5, 0.6) is 0 Å². The van der Waals surface area contributed by atoms with E-state index >= 15 is 0 Å². The van der Waals surface area contributed by atoms with E-state index in [-0.39, 0.29) is 17.5 Å². The Bertz CT molecular complexity index is 866. The lowest BCUT2D eigenvalue weighted by Crippen LogP contribution is -2.58. The molecule has 2 spiro atoms. The highest BCUT2D eigenvalue weighted by atomic mass is 16.5. The molecule has 2 heteroatoms. The fourth-order valence-electron chi connectivity index (χ4n) is 11.5. The highest BCUT2D eigenvalue weighted by Crippen LogP contribution is 2.89. The van der Waals surface area contributed by atoms with Crippen molar-refractivity contribution in [1.29, 1.82) is 0 Å². The predicted molar refractivity (Wildman–Crippen MR) is 140 cm³/mol. The van der Waals surface area contributed by atoms with Crippen molar-refractivity contribution in [3.63, 3.8) is 0 Å². The molecule has 34 heavy (non-hydrogen) atoms. The summed E-state index contributed by atoms with van der Waals surface area (Å²) in [6, 6.07) is 0. The van der Waals surface area contributed by atoms with Gasteiger partial charge in [0.2, 0.25) is 0 Å². The molecule has 0 N–H and O–H groups in total. The van der Waals surface area contributed by atoms with Gasteiger partial charge in [-0.2, -0.15) is 0 Å². The first-order valence-electron chi connectivity index (χ1n) is 14.6. The lowest BCUT2D eigenvalue weighted by molar-refractivity contribution is -0.181. The Balaban J connectivity index is 1.39. The minimum Gasteiger partial charge on any atom is -0.462 e. The molecule has 5 fully saturated rings. The molecule has 0 aliphatic heterocycles. The van der Waals surface area contributed by atoms with Crippen molar-refractivity contribution in [1.82, 2.24) is 0 Å². The standard InChI is InChI=1S/C32H52O2/c1-21(2)10-9-11-22(3)24-14-16-30(8)26-13-12-25-28(5,6)27(34-23(4)33)15-17-31(25)20-32(26,31)19-18-29(24,30)7/h10,22,24-27H,9,11-20H2,1-8H3/t22-,24?,25+,26+,27+,29-,30+,31-,32?/m1/s1. The van der Waals surface area contributed by atoms with Crippen LogP contribution in [0.4, 0.5) is 0 Å². The number of fused-ring (bicyclic) bond motifs is 2. The van der Waals surface area contributed by atoms with Crippen LogP contribution in [0.25, 0.3) is 0 Å². The van der Waals surface area contributed by atoms with Crippen LogP contribution in [0.15, 0.2) is 11.6 Å². The summed E-state index contributed by atoms with van der Waals surface area (Å²) in [4.78, 5) is 11.8. The second-order valence-corrected chi connectivity index (χ2v) is 14.9. The van der Waals surface area contributed by atoms with E-state index in [4.69, 9.17) is 4.74 Å². The Morgan fingerprint density at radius 3 is 2.24 bits per heavy atom. The average molecular weight is 469 g/mol. The zero-order chi connectivity index (χ0) is 24.7. The van der Waals surface area contributed by atoms with Crippen molar-refractivity contribution in [3.8, 4) is 0 Å². The van der Waals surface area contributed by atoms with E-state index in [2.05, 4.69) is 54.5 Å². The summed E-state index contributed by atoms with van der Waals surface area (Å²) >= 11 is 0. The summed E-state index contributed by atoms with van der Waals surface area (Å²) in [6.07, 6.45) is 17.6. The normalized spacial score (nSPS) is 49.1. The second-order valence-electron chi connectivity index (χ2n) is 14.9. The van der Waals surface area contributed by atoms with Crippen molar-refractivity contribution in [3.05, 3.63) is 11.6 Å². The number of carbonyl (C=O) groups is 1. The lowest BCUT2D eigenvalue weighted by atomic mass is 9.41. The molecule has 2 nitrogen and oxygen atoms in total. The summed E-state index contributed by atoms with van der Waals surface area (Å²) in [5.74, 6) is 3.27. The fraction of sp³-hybridized carbons (Fsp3) is 0.906. The summed E-state index contributed by atoms with van der Waals surface area (Å²) < 4.78 is 5.90. The molecule has 5 rings (SSSR count). The van der Waals surface area contributed by atoms with Crippen LogP contribution in [0, 0.1) is 50.7 Å². The van der Waals surface area contributed by atoms with Gasteiger partial charge in [0.15, 0.2) is 0 Å². The average Bonchev–Trinajstić information content (AvgIpc) is 3.32. The third kappa shape index (κ3) is 3.14. The van der Waals surface area contributed by atoms with Gasteiger partial charge >= 0.3 is 5.97 Å². The van der Waals surface area contributed by atoms with Gasteiger partial charge in [-0.3, -0.25) is 4.79 Å². The smallest absolute Gasteiger partial charge is 0.302 e. The summed E-state index contributed by atoms with van der Waals surface area (Å²) in [6.45, 7) is 18.9. The first-order chi connectivity index (χ1) is 15.8. The highest BCUT2D eigenvalue weighted by Gasteiger charge is 2.82. The van der Waals surface area contributed by atoms with Gasteiger partial charge in [0.1, 0.15) is 6.10 Å². The first-order valence-corrected chi connectivity index (χ1v) is 14.6. The van der Waals surface area contributed by atoms with E-state index < -0.39 is 0 Å². The molecule has 9 atom stereocenters. The molecule has 0 aromatic heterocycles. The van der Waals surface area contributed by atoms with E-state index in [1.807, 2.05) is 0 Å². The number of rotatable bonds is 5. The third-order valence-corrected chi connectivity index (χ3v) is 13.3. The second kappa shape index (κ2) is 7.85. The van der Waals surface area contributed by atoms with Gasteiger partial charge < -0.3 is 4.74 Å². The van der Waals surface area contributed by atoms with Crippen molar-refractivity contribution >= 4 is 5.97 Å².